The number of hydrogen-bond acceptors (Lipinski definition) is 0. The van der Waals surface area contributed by atoms with Crippen LogP contribution in [0.15, 0.2) is 36.4 Å². The summed E-state index contributed by atoms with van der Waals surface area (Å²) in [7, 11) is 0. The lowest BCUT2D eigenvalue weighted by Gasteiger charge is -2.20. The van der Waals surface area contributed by atoms with Crippen LogP contribution in [0.1, 0.15) is 32.6 Å². The Morgan fingerprint density at radius 3 is 2.25 bits per heavy atom. The fourth-order valence-corrected chi connectivity index (χ4v) is 4.24. The second-order valence-corrected chi connectivity index (χ2v) is 7.19. The van der Waals surface area contributed by atoms with Gasteiger partial charge in [0.1, 0.15) is 0 Å². The fraction of sp³-hybridized carbons (Fsp3) is 0.333. The summed E-state index contributed by atoms with van der Waals surface area (Å²) >= 11 is 10.1. The van der Waals surface area contributed by atoms with Crippen LogP contribution in [0.2, 0.25) is 5.02 Å². The van der Waals surface area contributed by atoms with Crippen LogP contribution < -0.4 is 0 Å². The van der Waals surface area contributed by atoms with Gasteiger partial charge >= 0.3 is 0 Å². The van der Waals surface area contributed by atoms with E-state index < -0.39 is 0 Å². The third-order valence-electron chi connectivity index (χ3n) is 4.34. The first-order valence-electron chi connectivity index (χ1n) is 7.03. The Morgan fingerprint density at radius 1 is 1.05 bits per heavy atom. The van der Waals surface area contributed by atoms with Gasteiger partial charge in [-0.25, -0.2) is 0 Å². The molecule has 3 rings (SSSR count). The van der Waals surface area contributed by atoms with Crippen LogP contribution in [0.3, 0.4) is 0 Å². The van der Waals surface area contributed by atoms with Crippen molar-refractivity contribution in [2.75, 3.05) is 0 Å². The molecule has 0 bridgehead atoms. The third-order valence-corrected chi connectivity index (χ3v) is 5.99. The predicted octanol–water partition coefficient (Wildman–Crippen LogP) is 5.81. The highest BCUT2D eigenvalue weighted by Crippen LogP contribution is 2.42. The zero-order valence-electron chi connectivity index (χ0n) is 11.8. The van der Waals surface area contributed by atoms with Crippen LogP contribution in [-0.4, -0.2) is 0 Å². The van der Waals surface area contributed by atoms with E-state index in [1.54, 1.807) is 0 Å². The highest BCUT2D eigenvalue weighted by atomic mass is 79.9. The van der Waals surface area contributed by atoms with E-state index in [0.29, 0.717) is 10.7 Å². The van der Waals surface area contributed by atoms with E-state index in [9.17, 15) is 0 Å². The number of hydrogen-bond donors (Lipinski definition) is 0. The van der Waals surface area contributed by atoms with Gasteiger partial charge < -0.3 is 0 Å². The minimum absolute atomic E-state index is 0.394. The number of aryl methyl sites for hydroxylation is 2. The van der Waals surface area contributed by atoms with Crippen LogP contribution in [-0.2, 0) is 12.8 Å². The molecule has 0 saturated heterocycles. The predicted molar refractivity (Wildman–Crippen MR) is 89.9 cm³/mol. The van der Waals surface area contributed by atoms with Crippen LogP contribution in [0.5, 0.6) is 0 Å². The smallest absolute Gasteiger partial charge is 0.0438 e. The first-order valence-corrected chi connectivity index (χ1v) is 8.33. The Hall–Kier alpha value is -0.790. The molecule has 0 radical (unpaired) electrons. The highest BCUT2D eigenvalue weighted by molar-refractivity contribution is 9.09. The van der Waals surface area contributed by atoms with Crippen molar-refractivity contribution < 1.29 is 0 Å². The maximum atomic E-state index is 6.21. The summed E-state index contributed by atoms with van der Waals surface area (Å²) in [6.07, 6.45) is 2.32. The Bertz CT molecular complexity index is 623. The molecule has 0 nitrogen and oxygen atoms in total. The summed E-state index contributed by atoms with van der Waals surface area (Å²) in [6, 6.07) is 13.1. The van der Waals surface area contributed by atoms with Gasteiger partial charge in [0.2, 0.25) is 0 Å². The van der Waals surface area contributed by atoms with Gasteiger partial charge in [-0.15, -0.1) is 0 Å². The molecule has 2 heteroatoms. The normalized spacial score (nSPS) is 16.2. The van der Waals surface area contributed by atoms with Crippen molar-refractivity contribution in [2.45, 2.75) is 31.5 Å². The van der Waals surface area contributed by atoms with Crippen molar-refractivity contribution in [1.82, 2.24) is 0 Å². The summed E-state index contributed by atoms with van der Waals surface area (Å²) < 4.78 is 0. The second-order valence-electron chi connectivity index (χ2n) is 5.80. The largest absolute Gasteiger partial charge is 0.0840 e. The monoisotopic (exact) mass is 348 g/mol. The van der Waals surface area contributed by atoms with Crippen LogP contribution in [0, 0.1) is 19.8 Å². The standard InChI is InChI=1S/C18H18BrCl/c1-11-8-17(20)12(2)7-16(11)18(19)15-9-13-5-3-4-6-14(13)10-15/h3-8,15,18H,9-10H2,1-2H3. The lowest BCUT2D eigenvalue weighted by atomic mass is 9.92. The van der Waals surface area contributed by atoms with Crippen LogP contribution >= 0.6 is 27.5 Å². The van der Waals surface area contributed by atoms with Crippen LogP contribution in [0.25, 0.3) is 0 Å². The van der Waals surface area contributed by atoms with Gasteiger partial charge in [-0.05, 0) is 66.5 Å². The van der Waals surface area contributed by atoms with Crippen LogP contribution in [0.4, 0.5) is 0 Å². The van der Waals surface area contributed by atoms with Gasteiger partial charge in [0.15, 0.2) is 0 Å². The molecular weight excluding hydrogens is 332 g/mol. The van der Waals surface area contributed by atoms with E-state index in [0.717, 1.165) is 23.4 Å². The molecule has 1 aliphatic carbocycles. The molecule has 0 spiro atoms. The average Bonchev–Trinajstić information content (AvgIpc) is 2.86. The number of halogens is 2. The number of rotatable bonds is 2. The Labute approximate surface area is 134 Å². The summed E-state index contributed by atoms with van der Waals surface area (Å²) in [5.41, 5.74) is 6.82. The van der Waals surface area contributed by atoms with Gasteiger partial charge in [0.25, 0.3) is 0 Å². The van der Waals surface area contributed by atoms with Crippen molar-refractivity contribution in [3.8, 4) is 0 Å². The molecule has 0 aliphatic heterocycles. The molecule has 1 aliphatic rings. The van der Waals surface area contributed by atoms with E-state index in [4.69, 9.17) is 11.6 Å². The van der Waals surface area contributed by atoms with E-state index in [2.05, 4.69) is 66.2 Å². The highest BCUT2D eigenvalue weighted by Gasteiger charge is 2.28. The van der Waals surface area contributed by atoms with Gasteiger partial charge in [-0.3, -0.25) is 0 Å². The van der Waals surface area contributed by atoms with Crippen molar-refractivity contribution >= 4 is 27.5 Å². The summed E-state index contributed by atoms with van der Waals surface area (Å²) in [5.74, 6) is 0.631. The molecule has 2 aromatic rings. The zero-order valence-corrected chi connectivity index (χ0v) is 14.1. The first-order chi connectivity index (χ1) is 9.56. The van der Waals surface area contributed by atoms with Crippen molar-refractivity contribution in [3.05, 3.63) is 69.2 Å². The molecule has 1 unspecified atom stereocenters. The number of benzene rings is 2. The van der Waals surface area contributed by atoms with Crippen molar-refractivity contribution in [2.24, 2.45) is 5.92 Å². The molecule has 2 aromatic carbocycles. The molecule has 0 N–H and O–H groups in total. The molecule has 0 amide bonds. The molecule has 1 atom stereocenters. The quantitative estimate of drug-likeness (QED) is 0.600. The first kappa shape index (κ1) is 14.2. The Kier molecular flexibility index (Phi) is 3.92. The van der Waals surface area contributed by atoms with E-state index in [-0.39, 0.29) is 0 Å². The lowest BCUT2D eigenvalue weighted by molar-refractivity contribution is 0.553. The Balaban J connectivity index is 1.88. The lowest BCUT2D eigenvalue weighted by Crippen LogP contribution is -2.09. The van der Waals surface area contributed by atoms with Crippen molar-refractivity contribution in [1.29, 1.82) is 0 Å². The minimum Gasteiger partial charge on any atom is -0.0840 e. The average molecular weight is 350 g/mol. The number of fused-ring (bicyclic) bond motifs is 1. The maximum absolute atomic E-state index is 6.21. The minimum atomic E-state index is 0.394. The van der Waals surface area contributed by atoms with Gasteiger partial charge in [-0.2, -0.15) is 0 Å². The molecule has 20 heavy (non-hydrogen) atoms. The molecule has 0 saturated carbocycles. The Morgan fingerprint density at radius 2 is 1.65 bits per heavy atom. The van der Waals surface area contributed by atoms with E-state index >= 15 is 0 Å². The van der Waals surface area contributed by atoms with Gasteiger partial charge in [0.05, 0.1) is 0 Å². The third kappa shape index (κ3) is 2.54. The second kappa shape index (κ2) is 5.54. The molecule has 104 valence electrons. The zero-order chi connectivity index (χ0) is 14.3. The molecule has 0 heterocycles. The van der Waals surface area contributed by atoms with E-state index in [1.165, 1.54) is 22.3 Å². The fourth-order valence-electron chi connectivity index (χ4n) is 3.15. The molecule has 0 fully saturated rings. The molecule has 0 aromatic heterocycles. The number of alkyl halides is 1. The van der Waals surface area contributed by atoms with E-state index in [1.807, 2.05) is 0 Å². The van der Waals surface area contributed by atoms with Gasteiger partial charge in [0, 0.05) is 9.85 Å². The summed E-state index contributed by atoms with van der Waals surface area (Å²) in [4.78, 5) is 0.394. The topological polar surface area (TPSA) is 0 Å². The van der Waals surface area contributed by atoms with Gasteiger partial charge in [-0.1, -0.05) is 57.9 Å². The molecular formula is C18H18BrCl. The summed E-state index contributed by atoms with van der Waals surface area (Å²) in [5, 5.41) is 0.862. The van der Waals surface area contributed by atoms with Crippen molar-refractivity contribution in [3.63, 3.8) is 0 Å². The summed E-state index contributed by atoms with van der Waals surface area (Å²) in [6.45, 7) is 4.23. The maximum Gasteiger partial charge on any atom is 0.0438 e. The SMILES string of the molecule is Cc1cc(C(Br)C2Cc3ccccc3C2)c(C)cc1Cl.